The number of nitrogens with one attached hydrogen (secondary N) is 1. The molecule has 0 aliphatic rings. The molecule has 1 N–H and O–H groups in total. The first-order valence-electron chi connectivity index (χ1n) is 7.52. The zero-order valence-corrected chi connectivity index (χ0v) is 15.6. The molecule has 7 nitrogen and oxygen atoms in total. The molecule has 1 heterocycles. The number of hydrogen-bond acceptors (Lipinski definition) is 7. The Labute approximate surface area is 154 Å². The normalized spacial score (nSPS) is 11.3. The minimum Gasteiger partial charge on any atom is -0.354 e. The third kappa shape index (κ3) is 3.89. The highest BCUT2D eigenvalue weighted by Gasteiger charge is 2.18. The molecule has 1 aromatic heterocycles. The summed E-state index contributed by atoms with van der Waals surface area (Å²) in [5.41, 5.74) is 2.60. The molecule has 0 atom stereocenters. The van der Waals surface area contributed by atoms with Gasteiger partial charge in [0.25, 0.3) is 5.69 Å². The van der Waals surface area contributed by atoms with Gasteiger partial charge in [0.05, 0.1) is 15.5 Å². The van der Waals surface area contributed by atoms with Crippen LogP contribution in [0.1, 0.15) is 5.69 Å². The number of nitro groups is 1. The van der Waals surface area contributed by atoms with Gasteiger partial charge in [0.2, 0.25) is 0 Å². The maximum absolute atomic E-state index is 12.0. The molecule has 0 saturated carbocycles. The largest absolute Gasteiger partial charge is 0.354 e. The quantitative estimate of drug-likeness (QED) is 0.519. The number of benzene rings is 2. The summed E-state index contributed by atoms with van der Waals surface area (Å²) in [6.45, 7) is 1.93. The fourth-order valence-corrected chi connectivity index (χ4v) is 4.03. The highest BCUT2D eigenvalue weighted by molar-refractivity contribution is 7.90. The van der Waals surface area contributed by atoms with E-state index >= 15 is 0 Å². The highest BCUT2D eigenvalue weighted by atomic mass is 32.2. The van der Waals surface area contributed by atoms with E-state index in [9.17, 15) is 18.5 Å². The van der Waals surface area contributed by atoms with E-state index in [1.807, 2.05) is 24.4 Å². The number of aryl methyl sites for hydroxylation is 1. The third-order valence-corrected chi connectivity index (χ3v) is 5.75. The molecular weight excluding hydrogens is 374 g/mol. The van der Waals surface area contributed by atoms with Crippen molar-refractivity contribution in [3.05, 3.63) is 63.7 Å². The maximum Gasteiger partial charge on any atom is 0.270 e. The Hall–Kier alpha value is -2.78. The van der Waals surface area contributed by atoms with E-state index < -0.39 is 14.8 Å². The molecule has 0 bridgehead atoms. The lowest BCUT2D eigenvalue weighted by molar-refractivity contribution is -0.385. The smallest absolute Gasteiger partial charge is 0.270 e. The predicted octanol–water partition coefficient (Wildman–Crippen LogP) is 4.17. The van der Waals surface area contributed by atoms with Crippen LogP contribution in [0.2, 0.25) is 0 Å². The average molecular weight is 389 g/mol. The SMILES string of the molecule is Cc1csc(-c2ccc(Nc3ccc([N+](=O)[O-])cc3S(C)(=O)=O)cc2)n1. The van der Waals surface area contributed by atoms with Crippen LogP contribution in [0.5, 0.6) is 0 Å². The Morgan fingerprint density at radius 2 is 1.85 bits per heavy atom. The van der Waals surface area contributed by atoms with Gasteiger partial charge in [-0.15, -0.1) is 11.3 Å². The first-order valence-corrected chi connectivity index (χ1v) is 10.3. The molecule has 0 aliphatic carbocycles. The molecule has 2 aromatic carbocycles. The number of nitrogens with zero attached hydrogens (tertiary/aromatic N) is 2. The van der Waals surface area contributed by atoms with Crippen molar-refractivity contribution in [3.63, 3.8) is 0 Å². The summed E-state index contributed by atoms with van der Waals surface area (Å²) < 4.78 is 24.0. The fourth-order valence-electron chi connectivity index (χ4n) is 2.37. The predicted molar refractivity (Wildman–Crippen MR) is 102 cm³/mol. The second kappa shape index (κ2) is 6.85. The van der Waals surface area contributed by atoms with Crippen LogP contribution in [0.15, 0.2) is 52.7 Å². The number of thiazole rings is 1. The van der Waals surface area contributed by atoms with Gasteiger partial charge in [-0.25, -0.2) is 13.4 Å². The van der Waals surface area contributed by atoms with E-state index in [2.05, 4.69) is 10.3 Å². The summed E-state index contributed by atoms with van der Waals surface area (Å²) in [7, 11) is -3.63. The Morgan fingerprint density at radius 3 is 2.38 bits per heavy atom. The van der Waals surface area contributed by atoms with Crippen LogP contribution in [-0.4, -0.2) is 24.6 Å². The van der Waals surface area contributed by atoms with Gasteiger partial charge >= 0.3 is 0 Å². The lowest BCUT2D eigenvalue weighted by Gasteiger charge is -2.11. The van der Waals surface area contributed by atoms with Crippen molar-refractivity contribution in [3.8, 4) is 10.6 Å². The number of aromatic nitrogens is 1. The first kappa shape index (κ1) is 18.0. The maximum atomic E-state index is 12.0. The number of sulfone groups is 1. The van der Waals surface area contributed by atoms with Gasteiger partial charge in [-0.1, -0.05) is 0 Å². The van der Waals surface area contributed by atoms with Crippen molar-refractivity contribution in [2.75, 3.05) is 11.6 Å². The molecule has 0 spiro atoms. The van der Waals surface area contributed by atoms with Crippen LogP contribution in [0.25, 0.3) is 10.6 Å². The highest BCUT2D eigenvalue weighted by Crippen LogP contribution is 2.30. The second-order valence-corrected chi connectivity index (χ2v) is 8.55. The molecule has 0 radical (unpaired) electrons. The minimum absolute atomic E-state index is 0.119. The summed E-state index contributed by atoms with van der Waals surface area (Å²) in [6, 6.07) is 11.1. The topological polar surface area (TPSA) is 102 Å². The molecule has 0 fully saturated rings. The zero-order valence-electron chi connectivity index (χ0n) is 14.0. The lowest BCUT2D eigenvalue weighted by atomic mass is 10.2. The van der Waals surface area contributed by atoms with Gasteiger partial charge in [-0.2, -0.15) is 0 Å². The van der Waals surface area contributed by atoms with E-state index in [0.717, 1.165) is 28.6 Å². The number of nitro benzene ring substituents is 1. The van der Waals surface area contributed by atoms with E-state index in [1.165, 1.54) is 12.1 Å². The van der Waals surface area contributed by atoms with E-state index in [4.69, 9.17) is 0 Å². The average Bonchev–Trinajstić information content (AvgIpc) is 3.01. The molecule has 0 amide bonds. The summed E-state index contributed by atoms with van der Waals surface area (Å²) in [5.74, 6) is 0. The Morgan fingerprint density at radius 1 is 1.15 bits per heavy atom. The van der Waals surface area contributed by atoms with Crippen molar-refractivity contribution in [2.24, 2.45) is 0 Å². The standard InChI is InChI=1S/C17H15N3O4S2/c1-11-10-25-17(18-11)12-3-5-13(6-4-12)19-15-8-7-14(20(21)22)9-16(15)26(2,23)24/h3-10,19H,1-2H3. The first-order chi connectivity index (χ1) is 12.2. The third-order valence-electron chi connectivity index (χ3n) is 3.61. The lowest BCUT2D eigenvalue weighted by Crippen LogP contribution is -2.04. The summed E-state index contributed by atoms with van der Waals surface area (Å²) in [4.78, 5) is 14.6. The van der Waals surface area contributed by atoms with Gasteiger partial charge in [-0.05, 0) is 37.3 Å². The van der Waals surface area contributed by atoms with Gasteiger partial charge < -0.3 is 5.32 Å². The zero-order chi connectivity index (χ0) is 18.9. The molecule has 0 saturated heterocycles. The number of hydrogen-bond donors (Lipinski definition) is 1. The summed E-state index contributed by atoms with van der Waals surface area (Å²) in [5, 5.41) is 16.8. The molecule has 0 unspecified atom stereocenters. The summed E-state index contributed by atoms with van der Waals surface area (Å²) >= 11 is 1.55. The van der Waals surface area contributed by atoms with Gasteiger partial charge in [0.15, 0.2) is 9.84 Å². The molecule has 3 rings (SSSR count). The molecule has 0 aliphatic heterocycles. The van der Waals surface area contributed by atoms with Crippen molar-refractivity contribution in [1.29, 1.82) is 0 Å². The van der Waals surface area contributed by atoms with Crippen LogP contribution in [0.4, 0.5) is 17.1 Å². The second-order valence-electron chi connectivity index (χ2n) is 5.71. The van der Waals surface area contributed by atoms with E-state index in [0.29, 0.717) is 5.69 Å². The van der Waals surface area contributed by atoms with Gasteiger partial charge in [0.1, 0.15) is 5.01 Å². The van der Waals surface area contributed by atoms with Crippen LogP contribution in [-0.2, 0) is 9.84 Å². The number of rotatable bonds is 5. The van der Waals surface area contributed by atoms with E-state index in [-0.39, 0.29) is 16.3 Å². The fraction of sp³-hybridized carbons (Fsp3) is 0.118. The Kier molecular flexibility index (Phi) is 4.75. The van der Waals surface area contributed by atoms with Gasteiger partial charge in [0, 0.05) is 40.7 Å². The number of anilines is 2. The van der Waals surface area contributed by atoms with Crippen LogP contribution in [0.3, 0.4) is 0 Å². The molecule has 134 valence electrons. The van der Waals surface area contributed by atoms with Crippen LogP contribution in [0, 0.1) is 17.0 Å². The van der Waals surface area contributed by atoms with E-state index in [1.54, 1.807) is 23.5 Å². The Balaban J connectivity index is 1.92. The monoisotopic (exact) mass is 389 g/mol. The number of non-ortho nitro benzene ring substituents is 1. The van der Waals surface area contributed by atoms with Crippen molar-refractivity contribution in [2.45, 2.75) is 11.8 Å². The minimum atomic E-state index is -3.63. The van der Waals surface area contributed by atoms with Crippen LogP contribution < -0.4 is 5.32 Å². The Bertz CT molecular complexity index is 1070. The molecular formula is C17H15N3O4S2. The molecule has 9 heteroatoms. The van der Waals surface area contributed by atoms with Crippen molar-refractivity contribution in [1.82, 2.24) is 4.98 Å². The molecule has 26 heavy (non-hydrogen) atoms. The van der Waals surface area contributed by atoms with Gasteiger partial charge in [-0.3, -0.25) is 10.1 Å². The van der Waals surface area contributed by atoms with Crippen molar-refractivity contribution < 1.29 is 13.3 Å². The summed E-state index contributed by atoms with van der Waals surface area (Å²) in [6.07, 6.45) is 1.02. The van der Waals surface area contributed by atoms with Crippen molar-refractivity contribution >= 4 is 38.2 Å². The molecule has 3 aromatic rings. The van der Waals surface area contributed by atoms with Crippen LogP contribution >= 0.6 is 11.3 Å².